The Labute approximate surface area is 222 Å². The number of nitrogens with one attached hydrogen (secondary N) is 2. The van der Waals surface area contributed by atoms with Crippen molar-refractivity contribution in [3.05, 3.63) is 35.4 Å². The molecule has 7 nitrogen and oxygen atoms in total. The molecule has 0 aliphatic heterocycles. The maximum Gasteiger partial charge on any atom is 0.408 e. The van der Waals surface area contributed by atoms with Gasteiger partial charge in [-0.05, 0) is 84.3 Å². The molecule has 1 rings (SSSR count). The van der Waals surface area contributed by atoms with Gasteiger partial charge in [0.25, 0.3) is 0 Å². The first-order valence-electron chi connectivity index (χ1n) is 12.6. The van der Waals surface area contributed by atoms with E-state index in [1.165, 1.54) is 0 Å². The second kappa shape index (κ2) is 11.8. The van der Waals surface area contributed by atoms with Gasteiger partial charge in [0.05, 0.1) is 18.2 Å². The molecule has 0 bridgehead atoms. The van der Waals surface area contributed by atoms with Crippen LogP contribution in [0.2, 0.25) is 18.1 Å². The van der Waals surface area contributed by atoms with Gasteiger partial charge in [0, 0.05) is 12.6 Å². The molecule has 1 amide bonds. The van der Waals surface area contributed by atoms with Gasteiger partial charge in [0.1, 0.15) is 22.8 Å². The zero-order valence-electron chi connectivity index (χ0n) is 24.5. The lowest BCUT2D eigenvalue weighted by atomic mass is 9.90. The number of esters is 1. The Kier molecular flexibility index (Phi) is 10.5. The third-order valence-electron chi connectivity index (χ3n) is 6.43. The Bertz CT molecular complexity index is 939. The molecule has 10 heteroatoms. The van der Waals surface area contributed by atoms with E-state index >= 15 is 0 Å². The van der Waals surface area contributed by atoms with Crippen LogP contribution in [0.15, 0.2) is 18.2 Å². The normalized spacial score (nSPS) is 16.1. The second-order valence-corrected chi connectivity index (χ2v) is 17.6. The van der Waals surface area contributed by atoms with Crippen LogP contribution in [0.1, 0.15) is 74.8 Å². The first kappa shape index (κ1) is 33.0. The molecule has 0 saturated carbocycles. The number of alkyl carbamates (subject to hydrolysis) is 1. The second-order valence-electron chi connectivity index (χ2n) is 12.8. The van der Waals surface area contributed by atoms with Gasteiger partial charge < -0.3 is 19.2 Å². The maximum absolute atomic E-state index is 14.2. The molecule has 1 unspecified atom stereocenters. The molecular weight excluding hydrogens is 498 g/mol. The van der Waals surface area contributed by atoms with E-state index in [4.69, 9.17) is 13.9 Å². The van der Waals surface area contributed by atoms with Gasteiger partial charge in [-0.1, -0.05) is 20.8 Å². The van der Waals surface area contributed by atoms with E-state index in [-0.39, 0.29) is 29.9 Å². The number of amides is 1. The molecule has 1 aromatic carbocycles. The predicted molar refractivity (Wildman–Crippen MR) is 144 cm³/mol. The highest BCUT2D eigenvalue weighted by Crippen LogP contribution is 2.37. The summed E-state index contributed by atoms with van der Waals surface area (Å²) in [6.45, 7) is 22.2. The summed E-state index contributed by atoms with van der Waals surface area (Å²) < 4.78 is 45.7. The Balaban J connectivity index is 3.40. The summed E-state index contributed by atoms with van der Waals surface area (Å²) in [5, 5.41) is 5.81. The Hall–Kier alpha value is -2.04. The molecule has 0 aliphatic rings. The number of rotatable bonds is 10. The summed E-state index contributed by atoms with van der Waals surface area (Å²) in [5.74, 6) is -2.13. The number of halogens is 2. The summed E-state index contributed by atoms with van der Waals surface area (Å²) >= 11 is 0. The Morgan fingerprint density at radius 2 is 1.46 bits per heavy atom. The summed E-state index contributed by atoms with van der Waals surface area (Å²) in [4.78, 5) is 26.0. The minimum atomic E-state index is -2.24. The van der Waals surface area contributed by atoms with Crippen molar-refractivity contribution < 1.29 is 32.3 Å². The fourth-order valence-electron chi connectivity index (χ4n) is 3.06. The van der Waals surface area contributed by atoms with Crippen LogP contribution in [0.25, 0.3) is 0 Å². The molecule has 212 valence electrons. The van der Waals surface area contributed by atoms with Gasteiger partial charge in [-0.3, -0.25) is 5.32 Å². The molecule has 0 aromatic heterocycles. The maximum atomic E-state index is 14.2. The van der Waals surface area contributed by atoms with E-state index in [9.17, 15) is 18.4 Å². The number of benzene rings is 1. The zero-order chi connectivity index (χ0) is 29.0. The fraction of sp³-hybridized carbons (Fsp3) is 0.704. The number of ether oxygens (including phenoxy) is 2. The number of hydrogen-bond acceptors (Lipinski definition) is 6. The van der Waals surface area contributed by atoms with Crippen molar-refractivity contribution in [1.29, 1.82) is 0 Å². The van der Waals surface area contributed by atoms with Crippen LogP contribution in [-0.2, 0) is 24.2 Å². The average molecular weight is 545 g/mol. The quantitative estimate of drug-likeness (QED) is 0.276. The monoisotopic (exact) mass is 544 g/mol. The molecule has 2 N–H and O–H groups in total. The van der Waals surface area contributed by atoms with Crippen molar-refractivity contribution in [1.82, 2.24) is 10.6 Å². The lowest BCUT2D eigenvalue weighted by Gasteiger charge is -2.41. The number of hydrogen-bond donors (Lipinski definition) is 2. The largest absolute Gasteiger partial charge is 0.462 e. The van der Waals surface area contributed by atoms with Crippen molar-refractivity contribution in [2.24, 2.45) is 0 Å². The minimum Gasteiger partial charge on any atom is -0.462 e. The highest BCUT2D eigenvalue weighted by atomic mass is 28.4. The van der Waals surface area contributed by atoms with Crippen LogP contribution in [0, 0.1) is 11.6 Å². The minimum absolute atomic E-state index is 0.00900. The summed E-state index contributed by atoms with van der Waals surface area (Å²) in [6, 6.07) is 3.03. The van der Waals surface area contributed by atoms with Crippen molar-refractivity contribution in [3.63, 3.8) is 0 Å². The van der Waals surface area contributed by atoms with Crippen LogP contribution < -0.4 is 10.6 Å². The molecule has 37 heavy (non-hydrogen) atoms. The molecule has 0 fully saturated rings. The van der Waals surface area contributed by atoms with E-state index in [0.29, 0.717) is 0 Å². The van der Waals surface area contributed by atoms with Crippen molar-refractivity contribution in [2.45, 2.75) is 110 Å². The van der Waals surface area contributed by atoms with Gasteiger partial charge in [0.2, 0.25) is 0 Å². The molecule has 0 spiro atoms. The van der Waals surface area contributed by atoms with Gasteiger partial charge in [-0.25, -0.2) is 18.4 Å². The molecule has 0 saturated heterocycles. The molecule has 2 atom stereocenters. The standard InChI is InChI=1S/C27H46F2N2O5Si/c1-18(2)35-22(32)27(10,17-34-37(11,12)25(6,7)8)30-16-26(9,31-23(33)36-24(3,4)5)19-13-20(28)15-21(29)14-19/h13-15,18,30H,16-17H2,1-12H3,(H,31,33)/t26?,27-/m0/s1. The van der Waals surface area contributed by atoms with Crippen LogP contribution in [0.5, 0.6) is 0 Å². The first-order chi connectivity index (χ1) is 16.5. The van der Waals surface area contributed by atoms with E-state index in [2.05, 4.69) is 44.5 Å². The highest BCUT2D eigenvalue weighted by molar-refractivity contribution is 6.74. The molecule has 0 radical (unpaired) electrons. The number of carbonyl (C=O) groups excluding carboxylic acids is 2. The van der Waals surface area contributed by atoms with Crippen molar-refractivity contribution in [2.75, 3.05) is 13.2 Å². The molecule has 1 aromatic rings. The van der Waals surface area contributed by atoms with Crippen molar-refractivity contribution >= 4 is 20.4 Å². The topological polar surface area (TPSA) is 85.9 Å². The van der Waals surface area contributed by atoms with E-state index in [1.54, 1.807) is 48.5 Å². The van der Waals surface area contributed by atoms with Crippen molar-refractivity contribution in [3.8, 4) is 0 Å². The van der Waals surface area contributed by atoms with E-state index in [0.717, 1.165) is 18.2 Å². The first-order valence-corrected chi connectivity index (χ1v) is 15.5. The van der Waals surface area contributed by atoms with Gasteiger partial charge in [-0.15, -0.1) is 0 Å². The lowest BCUT2D eigenvalue weighted by molar-refractivity contribution is -0.156. The molecule has 0 aliphatic carbocycles. The van der Waals surface area contributed by atoms with Crippen LogP contribution in [-0.4, -0.2) is 50.8 Å². The molecular formula is C27H46F2N2O5Si. The average Bonchev–Trinajstić information content (AvgIpc) is 2.67. The number of carbonyl (C=O) groups is 2. The SMILES string of the molecule is CC(C)OC(=O)[C@](C)(CO[Si](C)(C)C(C)(C)C)NCC(C)(NC(=O)OC(C)(C)C)c1cc(F)cc(F)c1. The Morgan fingerprint density at radius 1 is 0.946 bits per heavy atom. The van der Waals surface area contributed by atoms with Gasteiger partial charge in [0.15, 0.2) is 8.32 Å². The van der Waals surface area contributed by atoms with Crippen LogP contribution >= 0.6 is 0 Å². The third-order valence-corrected chi connectivity index (χ3v) is 10.9. The van der Waals surface area contributed by atoms with Crippen LogP contribution in [0.4, 0.5) is 13.6 Å². The van der Waals surface area contributed by atoms with Crippen LogP contribution in [0.3, 0.4) is 0 Å². The lowest BCUT2D eigenvalue weighted by Crippen LogP contribution is -2.62. The fourth-order valence-corrected chi connectivity index (χ4v) is 4.14. The summed E-state index contributed by atoms with van der Waals surface area (Å²) in [5.41, 5.74) is -3.31. The zero-order valence-corrected chi connectivity index (χ0v) is 25.5. The van der Waals surface area contributed by atoms with Gasteiger partial charge >= 0.3 is 12.1 Å². The van der Waals surface area contributed by atoms with E-state index in [1.807, 2.05) is 0 Å². The summed E-state index contributed by atoms with van der Waals surface area (Å²) in [6.07, 6.45) is -1.14. The van der Waals surface area contributed by atoms with Gasteiger partial charge in [-0.2, -0.15) is 0 Å². The smallest absolute Gasteiger partial charge is 0.408 e. The summed E-state index contributed by atoms with van der Waals surface area (Å²) in [7, 11) is -2.24. The predicted octanol–water partition coefficient (Wildman–Crippen LogP) is 6.03. The third kappa shape index (κ3) is 9.98. The molecule has 0 heterocycles. The highest BCUT2D eigenvalue weighted by Gasteiger charge is 2.44. The Morgan fingerprint density at radius 3 is 1.89 bits per heavy atom. The van der Waals surface area contributed by atoms with E-state index < -0.39 is 48.7 Å².